The van der Waals surface area contributed by atoms with Crippen molar-refractivity contribution in [2.75, 3.05) is 18.5 Å². The Hall–Kier alpha value is -2.58. The highest BCUT2D eigenvalue weighted by molar-refractivity contribution is 5.93. The van der Waals surface area contributed by atoms with E-state index in [0.29, 0.717) is 12.5 Å². The van der Waals surface area contributed by atoms with Crippen LogP contribution < -0.4 is 15.8 Å². The van der Waals surface area contributed by atoms with Crippen molar-refractivity contribution in [3.8, 4) is 5.75 Å². The Morgan fingerprint density at radius 1 is 1.35 bits per heavy atom. The van der Waals surface area contributed by atoms with Gasteiger partial charge >= 0.3 is 0 Å². The zero-order chi connectivity index (χ0) is 16.1. The van der Waals surface area contributed by atoms with Gasteiger partial charge in [0.05, 0.1) is 19.5 Å². The number of aromatic nitrogens is 2. The topological polar surface area (TPSA) is 107 Å². The molecule has 1 aliphatic heterocycles. The number of para-hydroxylation sites is 1. The van der Waals surface area contributed by atoms with Gasteiger partial charge in [0, 0.05) is 0 Å². The van der Waals surface area contributed by atoms with Gasteiger partial charge in [-0.3, -0.25) is 4.57 Å². The van der Waals surface area contributed by atoms with Crippen LogP contribution >= 0.6 is 0 Å². The molecule has 122 valence electrons. The lowest BCUT2D eigenvalue weighted by molar-refractivity contribution is -0.0442. The van der Waals surface area contributed by atoms with Gasteiger partial charge < -0.3 is 25.6 Å². The first-order chi connectivity index (χ1) is 11.3. The summed E-state index contributed by atoms with van der Waals surface area (Å²) in [4.78, 5) is 8.32. The Kier molecular flexibility index (Phi) is 4.74. The van der Waals surface area contributed by atoms with Crippen LogP contribution in [0.4, 0.5) is 5.82 Å². The Morgan fingerprint density at radius 2 is 2.17 bits per heavy atom. The third-order valence-electron chi connectivity index (χ3n) is 3.39. The minimum absolute atomic E-state index is 0.138. The van der Waals surface area contributed by atoms with Gasteiger partial charge in [-0.1, -0.05) is 18.2 Å². The molecule has 0 saturated heterocycles. The van der Waals surface area contributed by atoms with E-state index in [4.69, 9.17) is 15.2 Å². The van der Waals surface area contributed by atoms with Gasteiger partial charge in [0.15, 0.2) is 5.96 Å². The smallest absolute Gasteiger partial charge is 0.194 e. The molecule has 1 aromatic carbocycles. The summed E-state index contributed by atoms with van der Waals surface area (Å²) in [6.45, 7) is 0.795. The second kappa shape index (κ2) is 7.12. The third kappa shape index (κ3) is 3.79. The number of aliphatic hydroxyl groups excluding tert-OH is 1. The lowest BCUT2D eigenvalue weighted by Gasteiger charge is -2.19. The molecule has 8 heteroatoms. The lowest BCUT2D eigenvalue weighted by atomic mass is 10.3. The highest BCUT2D eigenvalue weighted by Crippen LogP contribution is 2.19. The fraction of sp³-hybridized carbons (Fsp3) is 0.333. The molecule has 4 N–H and O–H groups in total. The van der Waals surface area contributed by atoms with Crippen LogP contribution in [0.15, 0.2) is 41.7 Å². The second-order valence-corrected chi connectivity index (χ2v) is 5.06. The number of fused-ring (bicyclic) bond motifs is 1. The third-order valence-corrected chi connectivity index (χ3v) is 3.39. The zero-order valence-corrected chi connectivity index (χ0v) is 12.6. The molecule has 2 aromatic rings. The van der Waals surface area contributed by atoms with E-state index in [1.165, 1.54) is 0 Å². The van der Waals surface area contributed by atoms with Crippen LogP contribution in [-0.2, 0) is 18.0 Å². The van der Waals surface area contributed by atoms with E-state index < -0.39 is 6.10 Å². The predicted molar refractivity (Wildman–Crippen MR) is 85.1 cm³/mol. The first kappa shape index (κ1) is 15.3. The standard InChI is InChI=1S/C15H19N5O3/c16-15-17-6-13-14(19-15)20(9-18-13)10-23-12(7-21)8-22-11-4-2-1-3-5-11/h1-5,9,12,21H,6-8,10H2,(H3,16,17,19). The van der Waals surface area contributed by atoms with Crippen LogP contribution in [0.3, 0.4) is 0 Å². The second-order valence-electron chi connectivity index (χ2n) is 5.06. The van der Waals surface area contributed by atoms with Gasteiger partial charge in [0.1, 0.15) is 36.7 Å². The Balaban J connectivity index is 1.54. The maximum atomic E-state index is 9.43. The molecule has 3 rings (SSSR count). The molecule has 0 saturated carbocycles. The highest BCUT2D eigenvalue weighted by atomic mass is 16.5. The molecule has 0 bridgehead atoms. The summed E-state index contributed by atoms with van der Waals surface area (Å²) >= 11 is 0. The molecule has 0 spiro atoms. The molecule has 1 atom stereocenters. The molecule has 0 amide bonds. The average Bonchev–Trinajstić information content (AvgIpc) is 2.98. The van der Waals surface area contributed by atoms with E-state index in [1.807, 2.05) is 30.3 Å². The van der Waals surface area contributed by atoms with E-state index in [1.54, 1.807) is 10.9 Å². The SMILES string of the molecule is NC1=NCc2ncn(COC(CO)COc3ccccc3)c2N1. The maximum absolute atomic E-state index is 9.43. The number of nitrogens with two attached hydrogens (primary N) is 1. The van der Waals surface area contributed by atoms with Gasteiger partial charge in [-0.2, -0.15) is 0 Å². The van der Waals surface area contributed by atoms with Crippen molar-refractivity contribution in [2.24, 2.45) is 10.7 Å². The van der Waals surface area contributed by atoms with Crippen LogP contribution in [0.1, 0.15) is 5.69 Å². The molecule has 0 aliphatic carbocycles. The largest absolute Gasteiger partial charge is 0.491 e. The first-order valence-corrected chi connectivity index (χ1v) is 7.27. The summed E-state index contributed by atoms with van der Waals surface area (Å²) in [5.41, 5.74) is 6.48. The summed E-state index contributed by atoms with van der Waals surface area (Å²) in [7, 11) is 0. The number of nitrogens with zero attached hydrogens (tertiary/aromatic N) is 3. The van der Waals surface area contributed by atoms with Crippen molar-refractivity contribution in [1.29, 1.82) is 0 Å². The Bertz CT molecular complexity index is 671. The number of nitrogens with one attached hydrogen (secondary N) is 1. The first-order valence-electron chi connectivity index (χ1n) is 7.27. The molecular formula is C15H19N5O3. The van der Waals surface area contributed by atoms with Crippen LogP contribution in [0, 0.1) is 0 Å². The number of imidazole rings is 1. The van der Waals surface area contributed by atoms with Crippen LogP contribution in [0.5, 0.6) is 5.75 Å². The maximum Gasteiger partial charge on any atom is 0.194 e. The fourth-order valence-electron chi connectivity index (χ4n) is 2.15. The minimum Gasteiger partial charge on any atom is -0.491 e. The number of hydrogen-bond acceptors (Lipinski definition) is 7. The summed E-state index contributed by atoms with van der Waals surface area (Å²) in [6.07, 6.45) is 1.21. The zero-order valence-electron chi connectivity index (χ0n) is 12.6. The molecule has 8 nitrogen and oxygen atoms in total. The Labute approximate surface area is 133 Å². The average molecular weight is 317 g/mol. The molecule has 1 unspecified atom stereocenters. The number of rotatable bonds is 7. The lowest BCUT2D eigenvalue weighted by Crippen LogP contribution is -2.29. The number of aliphatic imine (C=N–C) groups is 1. The van der Waals surface area contributed by atoms with Crippen molar-refractivity contribution in [2.45, 2.75) is 19.4 Å². The van der Waals surface area contributed by atoms with Crippen molar-refractivity contribution in [3.63, 3.8) is 0 Å². The van der Waals surface area contributed by atoms with Crippen LogP contribution in [0.2, 0.25) is 0 Å². The number of ether oxygens (including phenoxy) is 2. The number of anilines is 1. The van der Waals surface area contributed by atoms with Crippen molar-refractivity contribution in [3.05, 3.63) is 42.4 Å². The predicted octanol–water partition coefficient (Wildman–Crippen LogP) is 0.537. The molecule has 23 heavy (non-hydrogen) atoms. The van der Waals surface area contributed by atoms with Gasteiger partial charge in [-0.15, -0.1) is 0 Å². The summed E-state index contributed by atoms with van der Waals surface area (Å²) in [5.74, 6) is 1.85. The van der Waals surface area contributed by atoms with Crippen LogP contribution in [-0.4, -0.2) is 39.9 Å². The highest BCUT2D eigenvalue weighted by Gasteiger charge is 2.17. The van der Waals surface area contributed by atoms with E-state index in [2.05, 4.69) is 15.3 Å². The van der Waals surface area contributed by atoms with E-state index in [9.17, 15) is 5.11 Å². The molecular weight excluding hydrogens is 298 g/mol. The molecule has 2 heterocycles. The number of benzene rings is 1. The van der Waals surface area contributed by atoms with E-state index in [-0.39, 0.29) is 19.9 Å². The minimum atomic E-state index is -0.442. The summed E-state index contributed by atoms with van der Waals surface area (Å²) in [5, 5.41) is 12.4. The summed E-state index contributed by atoms with van der Waals surface area (Å²) < 4.78 is 13.1. The molecule has 0 radical (unpaired) electrons. The van der Waals surface area contributed by atoms with Gasteiger partial charge in [0.2, 0.25) is 0 Å². The van der Waals surface area contributed by atoms with Crippen LogP contribution in [0.25, 0.3) is 0 Å². The number of guanidine groups is 1. The van der Waals surface area contributed by atoms with Gasteiger partial charge in [-0.05, 0) is 12.1 Å². The van der Waals surface area contributed by atoms with Crippen molar-refractivity contribution >= 4 is 11.8 Å². The molecule has 0 fully saturated rings. The Morgan fingerprint density at radius 3 is 2.96 bits per heavy atom. The number of aliphatic hydroxyl groups is 1. The number of hydrogen-bond donors (Lipinski definition) is 3. The molecule has 1 aliphatic rings. The monoisotopic (exact) mass is 317 g/mol. The van der Waals surface area contributed by atoms with Crippen molar-refractivity contribution in [1.82, 2.24) is 9.55 Å². The van der Waals surface area contributed by atoms with Gasteiger partial charge in [-0.25, -0.2) is 9.98 Å². The normalized spacial score (nSPS) is 14.6. The fourth-order valence-corrected chi connectivity index (χ4v) is 2.15. The van der Waals surface area contributed by atoms with Gasteiger partial charge in [0.25, 0.3) is 0 Å². The van der Waals surface area contributed by atoms with Crippen molar-refractivity contribution < 1.29 is 14.6 Å². The molecule has 1 aromatic heterocycles. The quantitative estimate of drug-likeness (QED) is 0.688. The van der Waals surface area contributed by atoms with E-state index in [0.717, 1.165) is 17.3 Å². The van der Waals surface area contributed by atoms with E-state index >= 15 is 0 Å². The summed E-state index contributed by atoms with van der Waals surface area (Å²) in [6, 6.07) is 9.40.